The van der Waals surface area contributed by atoms with E-state index in [2.05, 4.69) is 5.32 Å². The van der Waals surface area contributed by atoms with Crippen LogP contribution in [0.15, 0.2) is 53.3 Å². The highest BCUT2D eigenvalue weighted by Gasteiger charge is 2.29. The van der Waals surface area contributed by atoms with Gasteiger partial charge < -0.3 is 10.2 Å². The lowest BCUT2D eigenvalue weighted by Crippen LogP contribution is -2.50. The van der Waals surface area contributed by atoms with E-state index in [0.717, 1.165) is 16.6 Å². The number of rotatable bonds is 4. The van der Waals surface area contributed by atoms with E-state index in [1.54, 1.807) is 15.5 Å². The minimum absolute atomic E-state index is 0. The van der Waals surface area contributed by atoms with Crippen LogP contribution in [0.25, 0.3) is 11.0 Å². The number of hydrogen-bond donors (Lipinski definition) is 1. The molecule has 1 aliphatic rings. The number of piperazine rings is 1. The number of fused-ring (bicyclic) bond motifs is 1. The van der Waals surface area contributed by atoms with E-state index in [9.17, 15) is 14.0 Å². The Morgan fingerprint density at radius 2 is 1.86 bits per heavy atom. The Morgan fingerprint density at radius 1 is 1.14 bits per heavy atom. The van der Waals surface area contributed by atoms with E-state index in [-0.39, 0.29) is 42.4 Å². The topological polar surface area (TPSA) is 59.3 Å². The van der Waals surface area contributed by atoms with Crippen LogP contribution in [0.1, 0.15) is 18.5 Å². The van der Waals surface area contributed by atoms with E-state index >= 15 is 0 Å². The molecule has 1 aliphatic heterocycles. The molecule has 29 heavy (non-hydrogen) atoms. The van der Waals surface area contributed by atoms with Crippen LogP contribution in [0.2, 0.25) is 0 Å². The number of halogens is 2. The van der Waals surface area contributed by atoms with Crippen LogP contribution in [-0.4, -0.2) is 39.6 Å². The van der Waals surface area contributed by atoms with Gasteiger partial charge in [-0.15, -0.1) is 12.4 Å². The third-order valence-corrected chi connectivity index (χ3v) is 5.33. The molecule has 1 aromatic heterocycles. The predicted octanol–water partition coefficient (Wildman–Crippen LogP) is 2.56. The van der Waals surface area contributed by atoms with Gasteiger partial charge in [0, 0.05) is 26.2 Å². The number of amides is 1. The lowest BCUT2D eigenvalue weighted by molar-refractivity contribution is -0.135. The molecule has 0 saturated carbocycles. The van der Waals surface area contributed by atoms with Crippen LogP contribution in [0.4, 0.5) is 4.39 Å². The summed E-state index contributed by atoms with van der Waals surface area (Å²) >= 11 is 0. The first-order chi connectivity index (χ1) is 13.6. The molecule has 4 rings (SSSR count). The number of aryl methyl sites for hydroxylation is 1. The number of para-hydroxylation sites is 2. The SMILES string of the molecule is CCn1c(=O)n(CC(=O)N2CCNCC2c2cccc(F)c2)c2ccccc21.Cl. The van der Waals surface area contributed by atoms with Crippen LogP contribution in [0, 0.1) is 5.82 Å². The lowest BCUT2D eigenvalue weighted by Gasteiger charge is -2.36. The second-order valence-corrected chi connectivity index (χ2v) is 6.96. The molecule has 1 fully saturated rings. The molecule has 0 radical (unpaired) electrons. The Labute approximate surface area is 174 Å². The van der Waals surface area contributed by atoms with Crippen molar-refractivity contribution in [2.45, 2.75) is 26.1 Å². The Morgan fingerprint density at radius 3 is 2.55 bits per heavy atom. The van der Waals surface area contributed by atoms with Crippen molar-refractivity contribution in [3.8, 4) is 0 Å². The molecule has 1 saturated heterocycles. The van der Waals surface area contributed by atoms with E-state index in [1.165, 1.54) is 16.7 Å². The number of aromatic nitrogens is 2. The van der Waals surface area contributed by atoms with Gasteiger partial charge >= 0.3 is 5.69 Å². The summed E-state index contributed by atoms with van der Waals surface area (Å²) in [5.74, 6) is -0.463. The number of nitrogens with zero attached hydrogens (tertiary/aromatic N) is 3. The number of imidazole rings is 1. The number of carbonyl (C=O) groups excluding carboxylic acids is 1. The molecule has 1 N–H and O–H groups in total. The minimum Gasteiger partial charge on any atom is -0.332 e. The molecule has 6 nitrogen and oxygen atoms in total. The molecule has 0 aliphatic carbocycles. The van der Waals surface area contributed by atoms with Crippen molar-refractivity contribution in [1.82, 2.24) is 19.4 Å². The maximum atomic E-state index is 13.7. The molecule has 2 heterocycles. The van der Waals surface area contributed by atoms with E-state index in [4.69, 9.17) is 0 Å². The van der Waals surface area contributed by atoms with E-state index in [0.29, 0.717) is 26.2 Å². The molecule has 1 atom stereocenters. The Bertz CT molecular complexity index is 1080. The molecular formula is C21H24ClFN4O2. The fraction of sp³-hybridized carbons (Fsp3) is 0.333. The number of carbonyl (C=O) groups is 1. The second kappa shape index (κ2) is 8.80. The van der Waals surface area contributed by atoms with Crippen molar-refractivity contribution < 1.29 is 9.18 Å². The summed E-state index contributed by atoms with van der Waals surface area (Å²) < 4.78 is 16.9. The smallest absolute Gasteiger partial charge is 0.329 e. The third kappa shape index (κ3) is 3.93. The first-order valence-electron chi connectivity index (χ1n) is 9.54. The normalized spacial score (nSPS) is 16.6. The fourth-order valence-electron chi connectivity index (χ4n) is 3.97. The van der Waals surface area contributed by atoms with Crippen LogP contribution in [0.5, 0.6) is 0 Å². The maximum absolute atomic E-state index is 13.7. The zero-order valence-corrected chi connectivity index (χ0v) is 17.0. The molecule has 1 amide bonds. The van der Waals surface area contributed by atoms with Crippen LogP contribution in [-0.2, 0) is 17.9 Å². The average Bonchev–Trinajstić information content (AvgIpc) is 2.99. The summed E-state index contributed by atoms with van der Waals surface area (Å²) in [7, 11) is 0. The molecule has 0 bridgehead atoms. The molecule has 0 spiro atoms. The number of benzene rings is 2. The van der Waals surface area contributed by atoms with Crippen LogP contribution in [0.3, 0.4) is 0 Å². The predicted molar refractivity (Wildman–Crippen MR) is 113 cm³/mol. The summed E-state index contributed by atoms with van der Waals surface area (Å²) in [5.41, 5.74) is 2.14. The number of nitrogens with one attached hydrogen (secondary N) is 1. The highest BCUT2D eigenvalue weighted by Crippen LogP contribution is 2.23. The Balaban J connectivity index is 0.00000240. The third-order valence-electron chi connectivity index (χ3n) is 5.33. The standard InChI is InChI=1S/C21H23FN4O2.ClH/c1-2-24-17-8-3-4-9-18(17)26(21(24)28)14-20(27)25-11-10-23-13-19(25)15-6-5-7-16(22)12-15;/h3-9,12,19,23H,2,10-11,13-14H2,1H3;1H. The van der Waals surface area contributed by atoms with Gasteiger partial charge in [-0.2, -0.15) is 0 Å². The van der Waals surface area contributed by atoms with Crippen molar-refractivity contribution in [3.63, 3.8) is 0 Å². The van der Waals surface area contributed by atoms with Gasteiger partial charge in [-0.3, -0.25) is 13.9 Å². The van der Waals surface area contributed by atoms with Gasteiger partial charge in [0.05, 0.1) is 17.1 Å². The second-order valence-electron chi connectivity index (χ2n) is 6.96. The van der Waals surface area contributed by atoms with Gasteiger partial charge in [0.25, 0.3) is 0 Å². The van der Waals surface area contributed by atoms with Gasteiger partial charge in [-0.05, 0) is 36.8 Å². The van der Waals surface area contributed by atoms with E-state index < -0.39 is 0 Å². The summed E-state index contributed by atoms with van der Waals surface area (Å²) in [4.78, 5) is 27.7. The van der Waals surface area contributed by atoms with Gasteiger partial charge in [-0.1, -0.05) is 24.3 Å². The van der Waals surface area contributed by atoms with Crippen molar-refractivity contribution in [1.29, 1.82) is 0 Å². The van der Waals surface area contributed by atoms with Crippen molar-refractivity contribution in [2.24, 2.45) is 0 Å². The zero-order valence-electron chi connectivity index (χ0n) is 16.2. The Kier molecular flexibility index (Phi) is 6.39. The maximum Gasteiger partial charge on any atom is 0.329 e. The van der Waals surface area contributed by atoms with Crippen molar-refractivity contribution >= 4 is 29.3 Å². The molecule has 3 aromatic rings. The average molecular weight is 419 g/mol. The highest BCUT2D eigenvalue weighted by molar-refractivity contribution is 5.85. The lowest BCUT2D eigenvalue weighted by atomic mass is 10.0. The molecule has 1 unspecified atom stereocenters. The van der Waals surface area contributed by atoms with Gasteiger partial charge in [0.15, 0.2) is 0 Å². The highest BCUT2D eigenvalue weighted by atomic mass is 35.5. The van der Waals surface area contributed by atoms with Crippen molar-refractivity contribution in [3.05, 3.63) is 70.4 Å². The summed E-state index contributed by atoms with van der Waals surface area (Å²) in [6.45, 7) is 4.17. The van der Waals surface area contributed by atoms with Gasteiger partial charge in [0.2, 0.25) is 5.91 Å². The monoisotopic (exact) mass is 418 g/mol. The van der Waals surface area contributed by atoms with Gasteiger partial charge in [-0.25, -0.2) is 9.18 Å². The van der Waals surface area contributed by atoms with E-state index in [1.807, 2.05) is 37.3 Å². The quantitative estimate of drug-likeness (QED) is 0.708. The summed E-state index contributed by atoms with van der Waals surface area (Å²) in [5, 5.41) is 3.27. The molecule has 8 heteroatoms. The van der Waals surface area contributed by atoms with Crippen LogP contribution < -0.4 is 11.0 Å². The Hall–Kier alpha value is -2.64. The van der Waals surface area contributed by atoms with Gasteiger partial charge in [0.1, 0.15) is 12.4 Å². The van der Waals surface area contributed by atoms with Crippen molar-refractivity contribution in [2.75, 3.05) is 19.6 Å². The first-order valence-corrected chi connectivity index (χ1v) is 9.54. The van der Waals surface area contributed by atoms with Crippen LogP contribution >= 0.6 is 12.4 Å². The first kappa shape index (κ1) is 21.1. The zero-order chi connectivity index (χ0) is 19.7. The minimum atomic E-state index is -0.322. The molecular weight excluding hydrogens is 395 g/mol. The summed E-state index contributed by atoms with van der Waals surface area (Å²) in [6.07, 6.45) is 0. The molecule has 154 valence electrons. The number of hydrogen-bond acceptors (Lipinski definition) is 3. The fourth-order valence-corrected chi connectivity index (χ4v) is 3.97. The molecule has 2 aromatic carbocycles. The largest absolute Gasteiger partial charge is 0.332 e. The summed E-state index contributed by atoms with van der Waals surface area (Å²) in [6, 6.07) is 13.6.